The lowest BCUT2D eigenvalue weighted by Crippen LogP contribution is -2.52. The minimum atomic E-state index is -0.323. The fourth-order valence-electron chi connectivity index (χ4n) is 6.26. The van der Waals surface area contributed by atoms with Gasteiger partial charge in [0, 0.05) is 51.2 Å². The monoisotopic (exact) mass is 467 g/mol. The van der Waals surface area contributed by atoms with E-state index in [9.17, 15) is 9.59 Å². The number of benzene rings is 1. The van der Waals surface area contributed by atoms with E-state index in [0.717, 1.165) is 23.9 Å². The summed E-state index contributed by atoms with van der Waals surface area (Å²) in [5, 5.41) is 8.33. The molecule has 3 saturated heterocycles. The Balaban J connectivity index is 1.30. The zero-order chi connectivity index (χ0) is 23.5. The van der Waals surface area contributed by atoms with Crippen LogP contribution in [0, 0.1) is 11.8 Å². The van der Waals surface area contributed by atoms with Crippen LogP contribution in [0.1, 0.15) is 44.9 Å². The Labute approximate surface area is 201 Å². The highest BCUT2D eigenvalue weighted by Crippen LogP contribution is 2.33. The summed E-state index contributed by atoms with van der Waals surface area (Å²) in [6.07, 6.45) is 7.29. The fourth-order valence-corrected chi connectivity index (χ4v) is 6.26. The molecule has 1 aromatic heterocycles. The van der Waals surface area contributed by atoms with E-state index in [4.69, 9.17) is 4.74 Å². The lowest BCUT2D eigenvalue weighted by atomic mass is 9.83. The van der Waals surface area contributed by atoms with Gasteiger partial charge in [0.15, 0.2) is 5.82 Å². The molecule has 0 bridgehead atoms. The van der Waals surface area contributed by atoms with Crippen molar-refractivity contribution >= 4 is 28.5 Å². The number of piperidine rings is 2. The molecule has 3 atom stereocenters. The predicted molar refractivity (Wildman–Crippen MR) is 132 cm³/mol. The number of carbonyl (C=O) groups excluding carboxylic acids is 2. The molecule has 1 aromatic carbocycles. The van der Waals surface area contributed by atoms with Gasteiger partial charge in [-0.3, -0.25) is 19.6 Å². The van der Waals surface area contributed by atoms with Gasteiger partial charge in [-0.2, -0.15) is 5.10 Å². The Hall–Kier alpha value is -2.45. The predicted octanol–water partition coefficient (Wildman–Crippen LogP) is 3.05. The number of rotatable bonds is 8. The van der Waals surface area contributed by atoms with Crippen molar-refractivity contribution in [1.29, 1.82) is 0 Å². The molecule has 0 radical (unpaired) electrons. The summed E-state index contributed by atoms with van der Waals surface area (Å²) in [5.74, 6) is 0.913. The summed E-state index contributed by atoms with van der Waals surface area (Å²) < 4.78 is 5.28. The molecule has 0 saturated carbocycles. The minimum Gasteiger partial charge on any atom is -0.385 e. The van der Waals surface area contributed by atoms with Gasteiger partial charge in [-0.05, 0) is 63.2 Å². The van der Waals surface area contributed by atoms with Gasteiger partial charge in [-0.15, -0.1) is 0 Å². The van der Waals surface area contributed by atoms with Crippen molar-refractivity contribution in [2.45, 2.75) is 51.0 Å². The van der Waals surface area contributed by atoms with Crippen molar-refractivity contribution in [2.24, 2.45) is 11.8 Å². The molecule has 3 fully saturated rings. The number of fused-ring (bicyclic) bond motifs is 2. The van der Waals surface area contributed by atoms with Crippen LogP contribution in [0.4, 0.5) is 5.82 Å². The first-order valence-corrected chi connectivity index (χ1v) is 12.9. The van der Waals surface area contributed by atoms with E-state index in [1.165, 1.54) is 45.2 Å². The van der Waals surface area contributed by atoms with Gasteiger partial charge in [0.25, 0.3) is 0 Å². The number of nitrogens with one attached hydrogen (secondary N) is 1. The number of nitrogens with zero attached hydrogens (tertiary/aromatic N) is 4. The van der Waals surface area contributed by atoms with Crippen LogP contribution in [0.15, 0.2) is 24.3 Å². The van der Waals surface area contributed by atoms with Gasteiger partial charge < -0.3 is 14.5 Å². The average molecular weight is 468 g/mol. The number of ether oxygens (including phenoxy) is 1. The molecule has 0 aliphatic carbocycles. The second-order valence-corrected chi connectivity index (χ2v) is 10.1. The van der Waals surface area contributed by atoms with Gasteiger partial charge in [-0.1, -0.05) is 18.6 Å². The van der Waals surface area contributed by atoms with E-state index < -0.39 is 0 Å². The number of amides is 2. The molecule has 4 heterocycles. The van der Waals surface area contributed by atoms with Gasteiger partial charge in [-0.25, -0.2) is 0 Å². The molecule has 0 spiro atoms. The molecular weight excluding hydrogens is 430 g/mol. The highest BCUT2D eigenvalue weighted by atomic mass is 16.5. The van der Waals surface area contributed by atoms with Crippen molar-refractivity contribution in [1.82, 2.24) is 20.0 Å². The van der Waals surface area contributed by atoms with E-state index >= 15 is 0 Å². The number of hydrogen-bond donors (Lipinski definition) is 1. The van der Waals surface area contributed by atoms with Crippen molar-refractivity contribution in [2.75, 3.05) is 51.3 Å². The molecule has 0 unspecified atom stereocenters. The summed E-state index contributed by atoms with van der Waals surface area (Å²) >= 11 is 0. The first kappa shape index (κ1) is 23.3. The molecule has 2 aromatic rings. The van der Waals surface area contributed by atoms with Crippen LogP contribution in [0.5, 0.6) is 0 Å². The van der Waals surface area contributed by atoms with Crippen molar-refractivity contribution in [3.05, 3.63) is 24.3 Å². The van der Waals surface area contributed by atoms with Gasteiger partial charge in [0.2, 0.25) is 11.8 Å². The summed E-state index contributed by atoms with van der Waals surface area (Å²) in [6, 6.07) is 8.40. The number of para-hydroxylation sites is 1. The van der Waals surface area contributed by atoms with E-state index in [-0.39, 0.29) is 24.2 Å². The summed E-state index contributed by atoms with van der Waals surface area (Å²) in [5.41, 5.74) is 0.899. The van der Waals surface area contributed by atoms with E-state index in [1.54, 1.807) is 12.0 Å². The second kappa shape index (κ2) is 10.4. The standard InChI is InChI=1S/C26H37N5O3/c1-34-15-7-14-30(17-19-8-6-13-29-12-5-4-11-23(19)29)26(33)20-16-24(32)31(18-20)25-21-9-2-3-10-22(21)27-28-25/h2-3,9-10,19-20,23H,4-8,11-18H2,1H3,(H,27,28)/t19-,20+,23-/m0/s1. The number of aromatic amines is 1. The molecule has 3 aliphatic heterocycles. The van der Waals surface area contributed by atoms with Crippen LogP contribution >= 0.6 is 0 Å². The van der Waals surface area contributed by atoms with Crippen LogP contribution in [0.3, 0.4) is 0 Å². The maximum Gasteiger partial charge on any atom is 0.229 e. The number of hydrogen-bond acceptors (Lipinski definition) is 5. The SMILES string of the molecule is COCCCN(C[C@@H]1CCCN2CCCC[C@@H]12)C(=O)[C@@H]1CC(=O)N(c2n[nH]c3ccccc23)C1. The lowest BCUT2D eigenvalue weighted by Gasteiger charge is -2.46. The Morgan fingerprint density at radius 1 is 1.21 bits per heavy atom. The lowest BCUT2D eigenvalue weighted by molar-refractivity contribution is -0.137. The third kappa shape index (κ3) is 4.70. The maximum atomic E-state index is 13.8. The van der Waals surface area contributed by atoms with Crippen molar-refractivity contribution < 1.29 is 14.3 Å². The van der Waals surface area contributed by atoms with E-state index in [2.05, 4.69) is 15.1 Å². The zero-order valence-corrected chi connectivity index (χ0v) is 20.2. The molecule has 184 valence electrons. The summed E-state index contributed by atoms with van der Waals surface area (Å²) in [4.78, 5) is 33.1. The van der Waals surface area contributed by atoms with E-state index in [0.29, 0.717) is 37.5 Å². The van der Waals surface area contributed by atoms with Crippen LogP contribution in [-0.4, -0.2) is 84.3 Å². The number of anilines is 1. The number of H-pyrrole nitrogens is 1. The fraction of sp³-hybridized carbons (Fsp3) is 0.654. The van der Waals surface area contributed by atoms with Crippen molar-refractivity contribution in [3.63, 3.8) is 0 Å². The molecule has 3 aliphatic rings. The van der Waals surface area contributed by atoms with Crippen LogP contribution in [-0.2, 0) is 14.3 Å². The molecular formula is C26H37N5O3. The first-order valence-electron chi connectivity index (χ1n) is 12.9. The molecule has 5 rings (SSSR count). The van der Waals surface area contributed by atoms with E-state index in [1.807, 2.05) is 29.2 Å². The Morgan fingerprint density at radius 2 is 2.06 bits per heavy atom. The highest BCUT2D eigenvalue weighted by Gasteiger charge is 2.40. The first-order chi connectivity index (χ1) is 16.7. The summed E-state index contributed by atoms with van der Waals surface area (Å²) in [6.45, 7) is 4.91. The Morgan fingerprint density at radius 3 is 2.94 bits per heavy atom. The van der Waals surface area contributed by atoms with Crippen LogP contribution in [0.25, 0.3) is 10.9 Å². The molecule has 1 N–H and O–H groups in total. The van der Waals surface area contributed by atoms with Crippen molar-refractivity contribution in [3.8, 4) is 0 Å². The van der Waals surface area contributed by atoms with Gasteiger partial charge >= 0.3 is 0 Å². The molecule has 8 heteroatoms. The topological polar surface area (TPSA) is 81.8 Å². The Kier molecular flexibility index (Phi) is 7.15. The van der Waals surface area contributed by atoms with Gasteiger partial charge in [0.1, 0.15) is 0 Å². The minimum absolute atomic E-state index is 0.0245. The molecule has 2 amide bonds. The number of methoxy groups -OCH3 is 1. The van der Waals surface area contributed by atoms with Crippen LogP contribution in [0.2, 0.25) is 0 Å². The largest absolute Gasteiger partial charge is 0.385 e. The Bertz CT molecular complexity index is 1010. The number of aromatic nitrogens is 2. The second-order valence-electron chi connectivity index (χ2n) is 10.1. The molecule has 34 heavy (non-hydrogen) atoms. The highest BCUT2D eigenvalue weighted by molar-refractivity contribution is 6.05. The zero-order valence-electron chi connectivity index (χ0n) is 20.2. The van der Waals surface area contributed by atoms with Gasteiger partial charge in [0.05, 0.1) is 11.4 Å². The maximum absolute atomic E-state index is 13.8. The van der Waals surface area contributed by atoms with Crippen LogP contribution < -0.4 is 4.90 Å². The third-order valence-corrected chi connectivity index (χ3v) is 7.95. The normalized spacial score (nSPS) is 25.6. The number of carbonyl (C=O) groups is 2. The average Bonchev–Trinajstić information content (AvgIpc) is 3.46. The quantitative estimate of drug-likeness (QED) is 0.604. The third-order valence-electron chi connectivity index (χ3n) is 7.95. The smallest absolute Gasteiger partial charge is 0.229 e. The summed E-state index contributed by atoms with van der Waals surface area (Å²) in [7, 11) is 1.70. The molecule has 8 nitrogen and oxygen atoms in total.